The maximum Gasteiger partial charge on any atom is 0.239 e. The van der Waals surface area contributed by atoms with E-state index in [4.69, 9.17) is 0 Å². The molecule has 0 aliphatic carbocycles. The Balaban J connectivity index is 0.00000220. The molecule has 0 spiro atoms. The van der Waals surface area contributed by atoms with Crippen molar-refractivity contribution in [3.8, 4) is 0 Å². The zero-order valence-corrected chi connectivity index (χ0v) is 12.7. The van der Waals surface area contributed by atoms with Crippen LogP contribution in [0.25, 0.3) is 0 Å². The van der Waals surface area contributed by atoms with Crippen LogP contribution in [0, 0.1) is 0 Å². The normalized spacial score (nSPS) is 16.9. The van der Waals surface area contributed by atoms with E-state index in [1.165, 1.54) is 0 Å². The van der Waals surface area contributed by atoms with Gasteiger partial charge in [0.15, 0.2) is 0 Å². The van der Waals surface area contributed by atoms with E-state index in [-0.39, 0.29) is 30.8 Å². The molecule has 2 rings (SSSR count). The number of carbonyl (C=O) groups is 2. The third-order valence-electron chi connectivity index (χ3n) is 3.36. The van der Waals surface area contributed by atoms with E-state index in [2.05, 4.69) is 16.0 Å². The highest BCUT2D eigenvalue weighted by Gasteiger charge is 2.14. The highest BCUT2D eigenvalue weighted by atomic mass is 35.5. The van der Waals surface area contributed by atoms with E-state index in [1.807, 2.05) is 30.3 Å². The average Bonchev–Trinajstić information content (AvgIpc) is 2.97. The smallest absolute Gasteiger partial charge is 0.239 e. The summed E-state index contributed by atoms with van der Waals surface area (Å²) in [6.45, 7) is 1.69. The molecule has 0 aromatic heterocycles. The maximum absolute atomic E-state index is 11.7. The molecule has 5 nitrogen and oxygen atoms in total. The standard InChI is InChI=1S/C15H21N3O2.ClH/c19-14(9-12-5-2-1-3-6-12)18-11-15(20)17-10-13-7-4-8-16-13;/h1-3,5-6,13,16H,4,7-11H2,(H,17,20)(H,18,19);1H. The number of carbonyl (C=O) groups excluding carboxylic acids is 2. The van der Waals surface area contributed by atoms with Crippen LogP contribution in [0.5, 0.6) is 0 Å². The molecular weight excluding hydrogens is 290 g/mol. The Hall–Kier alpha value is -1.59. The van der Waals surface area contributed by atoms with Crippen LogP contribution in [0.1, 0.15) is 18.4 Å². The van der Waals surface area contributed by atoms with Gasteiger partial charge < -0.3 is 16.0 Å². The van der Waals surface area contributed by atoms with Gasteiger partial charge in [-0.1, -0.05) is 30.3 Å². The molecule has 0 bridgehead atoms. The molecule has 116 valence electrons. The van der Waals surface area contributed by atoms with E-state index in [1.54, 1.807) is 0 Å². The fourth-order valence-electron chi connectivity index (χ4n) is 2.25. The quantitative estimate of drug-likeness (QED) is 0.722. The minimum atomic E-state index is -0.139. The predicted octanol–water partition coefficient (Wildman–Crippen LogP) is 0.635. The second kappa shape index (κ2) is 9.37. The maximum atomic E-state index is 11.7. The molecule has 0 saturated carbocycles. The van der Waals surface area contributed by atoms with Gasteiger partial charge in [-0.2, -0.15) is 0 Å². The number of benzene rings is 1. The second-order valence-corrected chi connectivity index (χ2v) is 5.04. The van der Waals surface area contributed by atoms with Crippen molar-refractivity contribution >= 4 is 24.2 Å². The molecule has 6 heteroatoms. The average molecular weight is 312 g/mol. The summed E-state index contributed by atoms with van der Waals surface area (Å²) in [6.07, 6.45) is 2.56. The van der Waals surface area contributed by atoms with Gasteiger partial charge in [-0.15, -0.1) is 12.4 Å². The second-order valence-electron chi connectivity index (χ2n) is 5.04. The minimum Gasteiger partial charge on any atom is -0.353 e. The summed E-state index contributed by atoms with van der Waals surface area (Å²) in [5.41, 5.74) is 0.945. The summed E-state index contributed by atoms with van der Waals surface area (Å²) >= 11 is 0. The zero-order valence-electron chi connectivity index (χ0n) is 11.9. The van der Waals surface area contributed by atoms with Crippen molar-refractivity contribution in [2.45, 2.75) is 25.3 Å². The topological polar surface area (TPSA) is 70.2 Å². The summed E-state index contributed by atoms with van der Waals surface area (Å²) < 4.78 is 0. The van der Waals surface area contributed by atoms with Crippen molar-refractivity contribution in [1.29, 1.82) is 0 Å². The fourth-order valence-corrected chi connectivity index (χ4v) is 2.25. The van der Waals surface area contributed by atoms with Gasteiger partial charge in [0.05, 0.1) is 13.0 Å². The zero-order chi connectivity index (χ0) is 14.2. The van der Waals surface area contributed by atoms with Crippen molar-refractivity contribution in [1.82, 2.24) is 16.0 Å². The lowest BCUT2D eigenvalue weighted by Gasteiger charge is -2.11. The molecule has 2 amide bonds. The van der Waals surface area contributed by atoms with Gasteiger partial charge in [0.25, 0.3) is 0 Å². The van der Waals surface area contributed by atoms with Gasteiger partial charge in [-0.25, -0.2) is 0 Å². The molecule has 3 N–H and O–H groups in total. The molecule has 0 radical (unpaired) electrons. The van der Waals surface area contributed by atoms with Crippen LogP contribution in [-0.2, 0) is 16.0 Å². The highest BCUT2D eigenvalue weighted by molar-refractivity contribution is 5.86. The fraction of sp³-hybridized carbons (Fsp3) is 0.467. The van der Waals surface area contributed by atoms with E-state index in [0.29, 0.717) is 19.0 Å². The Bertz CT molecular complexity index is 447. The Kier molecular flexibility index (Phi) is 7.79. The first kappa shape index (κ1) is 17.5. The first-order valence-corrected chi connectivity index (χ1v) is 7.05. The molecule has 1 saturated heterocycles. The summed E-state index contributed by atoms with van der Waals surface area (Å²) in [5, 5.41) is 8.77. The van der Waals surface area contributed by atoms with Crippen LogP contribution in [-0.4, -0.2) is 37.5 Å². The van der Waals surface area contributed by atoms with Gasteiger partial charge >= 0.3 is 0 Å². The summed E-state index contributed by atoms with van der Waals surface area (Å²) in [7, 11) is 0. The van der Waals surface area contributed by atoms with Crippen molar-refractivity contribution in [2.75, 3.05) is 19.6 Å². The van der Waals surface area contributed by atoms with Crippen molar-refractivity contribution in [3.63, 3.8) is 0 Å². The summed E-state index contributed by atoms with van der Waals surface area (Å²) in [5.74, 6) is -0.273. The molecule has 1 aromatic rings. The molecule has 1 aromatic carbocycles. The summed E-state index contributed by atoms with van der Waals surface area (Å²) in [4.78, 5) is 23.3. The van der Waals surface area contributed by atoms with Crippen molar-refractivity contribution < 1.29 is 9.59 Å². The third-order valence-corrected chi connectivity index (χ3v) is 3.36. The van der Waals surface area contributed by atoms with Crippen molar-refractivity contribution in [3.05, 3.63) is 35.9 Å². The number of hydrogen-bond acceptors (Lipinski definition) is 3. The van der Waals surface area contributed by atoms with Crippen LogP contribution in [0.3, 0.4) is 0 Å². The monoisotopic (exact) mass is 311 g/mol. The highest BCUT2D eigenvalue weighted by Crippen LogP contribution is 2.02. The lowest BCUT2D eigenvalue weighted by atomic mass is 10.1. The van der Waals surface area contributed by atoms with Crippen LogP contribution < -0.4 is 16.0 Å². The number of nitrogens with one attached hydrogen (secondary N) is 3. The number of halogens is 1. The number of rotatable bonds is 6. The Labute approximate surface area is 131 Å². The van der Waals surface area contributed by atoms with E-state index >= 15 is 0 Å². The van der Waals surface area contributed by atoms with E-state index in [0.717, 1.165) is 24.9 Å². The number of amides is 2. The van der Waals surface area contributed by atoms with Crippen LogP contribution in [0.2, 0.25) is 0 Å². The van der Waals surface area contributed by atoms with Crippen LogP contribution in [0.4, 0.5) is 0 Å². The Morgan fingerprint density at radius 2 is 1.90 bits per heavy atom. The SMILES string of the molecule is Cl.O=C(CNC(=O)Cc1ccccc1)NCC1CCCN1. The van der Waals surface area contributed by atoms with Crippen LogP contribution >= 0.6 is 12.4 Å². The third kappa shape index (κ3) is 6.60. The minimum absolute atomic E-state index is 0. The Morgan fingerprint density at radius 1 is 1.14 bits per heavy atom. The lowest BCUT2D eigenvalue weighted by Crippen LogP contribution is -2.42. The van der Waals surface area contributed by atoms with E-state index < -0.39 is 0 Å². The molecule has 1 atom stereocenters. The molecule has 1 fully saturated rings. The lowest BCUT2D eigenvalue weighted by molar-refractivity contribution is -0.125. The summed E-state index contributed by atoms with van der Waals surface area (Å²) in [6, 6.07) is 9.86. The molecule has 1 heterocycles. The predicted molar refractivity (Wildman–Crippen MR) is 84.4 cm³/mol. The first-order valence-electron chi connectivity index (χ1n) is 7.05. The Morgan fingerprint density at radius 3 is 2.57 bits per heavy atom. The molecule has 1 aliphatic rings. The number of hydrogen-bond donors (Lipinski definition) is 3. The van der Waals surface area contributed by atoms with Gasteiger partial charge in [0.2, 0.25) is 11.8 Å². The van der Waals surface area contributed by atoms with Gasteiger partial charge in [0.1, 0.15) is 0 Å². The van der Waals surface area contributed by atoms with E-state index in [9.17, 15) is 9.59 Å². The van der Waals surface area contributed by atoms with Crippen molar-refractivity contribution in [2.24, 2.45) is 0 Å². The molecular formula is C15H22ClN3O2. The van der Waals surface area contributed by atoms with Gasteiger partial charge in [0, 0.05) is 12.6 Å². The van der Waals surface area contributed by atoms with Gasteiger partial charge in [-0.05, 0) is 24.9 Å². The van der Waals surface area contributed by atoms with Crippen LogP contribution in [0.15, 0.2) is 30.3 Å². The largest absolute Gasteiger partial charge is 0.353 e. The molecule has 21 heavy (non-hydrogen) atoms. The van der Waals surface area contributed by atoms with Gasteiger partial charge in [-0.3, -0.25) is 9.59 Å². The molecule has 1 aliphatic heterocycles. The first-order chi connectivity index (χ1) is 9.74. The molecule has 1 unspecified atom stereocenters.